The van der Waals surface area contributed by atoms with Gasteiger partial charge in [-0.25, -0.2) is 4.98 Å². The number of pyridine rings is 1. The fourth-order valence-electron chi connectivity index (χ4n) is 2.90. The number of nitrogens with zero attached hydrogens (tertiary/aromatic N) is 2. The van der Waals surface area contributed by atoms with Gasteiger partial charge in [0, 0.05) is 29.1 Å². The largest absolute Gasteiger partial charge is 0.296 e. The van der Waals surface area contributed by atoms with E-state index < -0.39 is 0 Å². The fourth-order valence-corrected chi connectivity index (χ4v) is 3.91. The van der Waals surface area contributed by atoms with Gasteiger partial charge >= 0.3 is 0 Å². The van der Waals surface area contributed by atoms with Crippen LogP contribution in [0.3, 0.4) is 0 Å². The summed E-state index contributed by atoms with van der Waals surface area (Å²) >= 11 is 1.90. The molecule has 0 N–H and O–H groups in total. The summed E-state index contributed by atoms with van der Waals surface area (Å²) in [6.45, 7) is 13.8. The molecule has 1 aliphatic heterocycles. The minimum Gasteiger partial charge on any atom is -0.296 e. The van der Waals surface area contributed by atoms with E-state index in [2.05, 4.69) is 56.6 Å². The molecule has 0 spiro atoms. The van der Waals surface area contributed by atoms with Crippen LogP contribution in [-0.2, 0) is 0 Å². The Labute approximate surface area is 128 Å². The molecule has 1 aromatic rings. The van der Waals surface area contributed by atoms with Crippen LogP contribution in [0, 0.1) is 5.92 Å². The van der Waals surface area contributed by atoms with Crippen LogP contribution in [0.1, 0.15) is 59.1 Å². The molecule has 0 aromatic carbocycles. The van der Waals surface area contributed by atoms with E-state index in [0.717, 1.165) is 5.92 Å². The van der Waals surface area contributed by atoms with Gasteiger partial charge in [0.15, 0.2) is 0 Å². The van der Waals surface area contributed by atoms with Crippen molar-refractivity contribution in [3.05, 3.63) is 23.9 Å². The van der Waals surface area contributed by atoms with Crippen LogP contribution in [0.2, 0.25) is 0 Å². The second kappa shape index (κ2) is 6.48. The molecule has 0 saturated carbocycles. The molecule has 0 bridgehead atoms. The molecule has 1 saturated heterocycles. The van der Waals surface area contributed by atoms with Crippen LogP contribution < -0.4 is 0 Å². The van der Waals surface area contributed by atoms with Crippen molar-refractivity contribution in [2.75, 3.05) is 13.1 Å². The second-order valence-electron chi connectivity index (χ2n) is 7.16. The van der Waals surface area contributed by atoms with E-state index in [1.807, 2.05) is 18.0 Å². The van der Waals surface area contributed by atoms with Crippen molar-refractivity contribution < 1.29 is 0 Å². The van der Waals surface area contributed by atoms with E-state index in [1.54, 1.807) is 0 Å². The predicted molar refractivity (Wildman–Crippen MR) is 88.2 cm³/mol. The summed E-state index contributed by atoms with van der Waals surface area (Å²) in [5.41, 5.74) is 1.44. The highest BCUT2D eigenvalue weighted by Crippen LogP contribution is 2.40. The summed E-state index contributed by atoms with van der Waals surface area (Å²) in [5, 5.41) is 1.22. The summed E-state index contributed by atoms with van der Waals surface area (Å²) in [6, 6.07) is 4.94. The lowest BCUT2D eigenvalue weighted by Gasteiger charge is -2.28. The van der Waals surface area contributed by atoms with Crippen molar-refractivity contribution >= 4 is 11.8 Å². The zero-order chi connectivity index (χ0) is 14.8. The zero-order valence-electron chi connectivity index (χ0n) is 13.5. The highest BCUT2D eigenvalue weighted by Gasteiger charge is 2.29. The van der Waals surface area contributed by atoms with Gasteiger partial charge in [0.25, 0.3) is 0 Å². The van der Waals surface area contributed by atoms with Crippen molar-refractivity contribution in [2.24, 2.45) is 5.92 Å². The Morgan fingerprint density at radius 3 is 2.80 bits per heavy atom. The SMILES string of the molecule is CC(C)CN1CCC[C@@H]1c1cccnc1SC(C)(C)C. The van der Waals surface area contributed by atoms with Crippen LogP contribution in [-0.4, -0.2) is 27.7 Å². The Hall–Kier alpha value is -0.540. The number of hydrogen-bond acceptors (Lipinski definition) is 3. The molecule has 1 atom stereocenters. The third kappa shape index (κ3) is 4.23. The third-order valence-corrected chi connectivity index (χ3v) is 4.67. The first-order valence-corrected chi connectivity index (χ1v) is 8.56. The lowest BCUT2D eigenvalue weighted by atomic mass is 10.1. The number of thioether (sulfide) groups is 1. The summed E-state index contributed by atoms with van der Waals surface area (Å²) in [5.74, 6) is 0.728. The Morgan fingerprint density at radius 2 is 2.15 bits per heavy atom. The maximum absolute atomic E-state index is 4.66. The van der Waals surface area contributed by atoms with Crippen molar-refractivity contribution in [1.29, 1.82) is 0 Å². The first-order valence-electron chi connectivity index (χ1n) is 7.75. The van der Waals surface area contributed by atoms with Crippen molar-refractivity contribution in [1.82, 2.24) is 9.88 Å². The van der Waals surface area contributed by atoms with Gasteiger partial charge < -0.3 is 0 Å². The lowest BCUT2D eigenvalue weighted by molar-refractivity contribution is 0.226. The fraction of sp³-hybridized carbons (Fsp3) is 0.706. The minimum atomic E-state index is 0.213. The zero-order valence-corrected chi connectivity index (χ0v) is 14.3. The average Bonchev–Trinajstić information content (AvgIpc) is 2.74. The van der Waals surface area contributed by atoms with E-state index in [1.165, 1.54) is 36.5 Å². The maximum atomic E-state index is 4.66. The number of hydrogen-bond donors (Lipinski definition) is 0. The summed E-state index contributed by atoms with van der Waals surface area (Å²) in [7, 11) is 0. The molecule has 0 amide bonds. The van der Waals surface area contributed by atoms with Gasteiger partial charge in [-0.3, -0.25) is 4.90 Å². The molecule has 1 aliphatic rings. The Morgan fingerprint density at radius 1 is 1.40 bits per heavy atom. The monoisotopic (exact) mass is 292 g/mol. The topological polar surface area (TPSA) is 16.1 Å². The van der Waals surface area contributed by atoms with E-state index in [0.29, 0.717) is 6.04 Å². The number of rotatable bonds is 4. The molecule has 20 heavy (non-hydrogen) atoms. The molecule has 1 aromatic heterocycles. The predicted octanol–water partition coefficient (Wildman–Crippen LogP) is 4.77. The van der Waals surface area contributed by atoms with E-state index in [9.17, 15) is 0 Å². The van der Waals surface area contributed by atoms with E-state index >= 15 is 0 Å². The summed E-state index contributed by atoms with van der Waals surface area (Å²) < 4.78 is 0.213. The van der Waals surface area contributed by atoms with Gasteiger partial charge in [0.2, 0.25) is 0 Å². The first-order chi connectivity index (χ1) is 9.37. The van der Waals surface area contributed by atoms with Gasteiger partial charge in [0.1, 0.15) is 5.03 Å². The molecular weight excluding hydrogens is 264 g/mol. The van der Waals surface area contributed by atoms with Crippen LogP contribution in [0.15, 0.2) is 23.4 Å². The molecule has 0 aliphatic carbocycles. The molecule has 2 nitrogen and oxygen atoms in total. The van der Waals surface area contributed by atoms with Gasteiger partial charge in [-0.05, 0) is 31.4 Å². The first kappa shape index (κ1) is 15.8. The highest BCUT2D eigenvalue weighted by molar-refractivity contribution is 8.00. The Balaban J connectivity index is 2.23. The molecule has 0 radical (unpaired) electrons. The highest BCUT2D eigenvalue weighted by atomic mass is 32.2. The van der Waals surface area contributed by atoms with Crippen molar-refractivity contribution in [2.45, 2.75) is 63.3 Å². The van der Waals surface area contributed by atoms with Gasteiger partial charge in [-0.1, -0.05) is 40.7 Å². The molecule has 0 unspecified atom stereocenters. The molecule has 2 heterocycles. The average molecular weight is 292 g/mol. The smallest absolute Gasteiger partial charge is 0.101 e. The van der Waals surface area contributed by atoms with Crippen LogP contribution in [0.4, 0.5) is 0 Å². The van der Waals surface area contributed by atoms with Gasteiger partial charge in [0.05, 0.1) is 0 Å². The summed E-state index contributed by atoms with van der Waals surface area (Å²) in [4.78, 5) is 7.31. The van der Waals surface area contributed by atoms with Crippen molar-refractivity contribution in [3.63, 3.8) is 0 Å². The molecule has 3 heteroatoms. The van der Waals surface area contributed by atoms with Gasteiger partial charge in [-0.2, -0.15) is 0 Å². The number of likely N-dealkylation sites (tertiary alicyclic amines) is 1. The van der Waals surface area contributed by atoms with Crippen LogP contribution in [0.5, 0.6) is 0 Å². The molecular formula is C17H28N2S. The normalized spacial score (nSPS) is 20.8. The molecule has 2 rings (SSSR count). The quantitative estimate of drug-likeness (QED) is 0.744. The van der Waals surface area contributed by atoms with Crippen LogP contribution in [0.25, 0.3) is 0 Å². The molecule has 112 valence electrons. The van der Waals surface area contributed by atoms with E-state index in [-0.39, 0.29) is 4.75 Å². The molecule has 1 fully saturated rings. The van der Waals surface area contributed by atoms with Crippen LogP contribution >= 0.6 is 11.8 Å². The third-order valence-electron chi connectivity index (χ3n) is 3.53. The van der Waals surface area contributed by atoms with E-state index in [4.69, 9.17) is 0 Å². The Kier molecular flexibility index (Phi) is 5.14. The standard InChI is InChI=1S/C17H28N2S/c1-13(2)12-19-11-7-9-15(19)14-8-6-10-18-16(14)20-17(3,4)5/h6,8,10,13,15H,7,9,11-12H2,1-5H3/t15-/m1/s1. The minimum absolute atomic E-state index is 0.213. The second-order valence-corrected chi connectivity index (χ2v) is 8.97. The maximum Gasteiger partial charge on any atom is 0.101 e. The van der Waals surface area contributed by atoms with Crippen molar-refractivity contribution in [3.8, 4) is 0 Å². The summed E-state index contributed by atoms with van der Waals surface area (Å²) in [6.07, 6.45) is 4.52. The number of aromatic nitrogens is 1. The lowest BCUT2D eigenvalue weighted by Crippen LogP contribution is -2.28. The van der Waals surface area contributed by atoms with Gasteiger partial charge in [-0.15, -0.1) is 11.8 Å². The Bertz CT molecular complexity index is 437.